The number of benzene rings is 1. The van der Waals surface area contributed by atoms with Gasteiger partial charge in [0.2, 0.25) is 5.91 Å². The van der Waals surface area contributed by atoms with E-state index in [1.54, 1.807) is 0 Å². The first-order valence-corrected chi connectivity index (χ1v) is 4.98. The minimum atomic E-state index is -1.32. The quantitative estimate of drug-likeness (QED) is 0.723. The molecular weight excluding hydrogens is 229 g/mol. The SMILES string of the molecule is O=C(CCCO)Nc1ccc(F)cc1C(=O)O. The lowest BCUT2D eigenvalue weighted by molar-refractivity contribution is -0.116. The third-order valence-electron chi connectivity index (χ3n) is 2.05. The summed E-state index contributed by atoms with van der Waals surface area (Å²) in [5.41, 5.74) is -0.260. The minimum absolute atomic E-state index is 0.0434. The number of carboxylic acid groups (broad SMARTS) is 1. The first kappa shape index (κ1) is 13.1. The van der Waals surface area contributed by atoms with E-state index in [1.807, 2.05) is 0 Å². The summed E-state index contributed by atoms with van der Waals surface area (Å²) >= 11 is 0. The van der Waals surface area contributed by atoms with Crippen molar-refractivity contribution in [3.8, 4) is 0 Å². The molecule has 1 aromatic carbocycles. The second-order valence-electron chi connectivity index (χ2n) is 3.37. The van der Waals surface area contributed by atoms with Crippen molar-refractivity contribution >= 4 is 17.6 Å². The Bertz CT molecular complexity index is 433. The number of anilines is 1. The van der Waals surface area contributed by atoms with Gasteiger partial charge < -0.3 is 15.5 Å². The highest BCUT2D eigenvalue weighted by Gasteiger charge is 2.13. The molecule has 1 aromatic rings. The number of nitrogens with one attached hydrogen (secondary N) is 1. The van der Waals surface area contributed by atoms with Gasteiger partial charge in [-0.2, -0.15) is 0 Å². The van der Waals surface area contributed by atoms with Crippen LogP contribution in [0.1, 0.15) is 23.2 Å². The van der Waals surface area contributed by atoms with Crippen molar-refractivity contribution in [3.05, 3.63) is 29.6 Å². The van der Waals surface area contributed by atoms with Crippen LogP contribution in [0.15, 0.2) is 18.2 Å². The van der Waals surface area contributed by atoms with E-state index in [0.717, 1.165) is 12.1 Å². The summed E-state index contributed by atoms with van der Waals surface area (Å²) in [6, 6.07) is 3.09. The molecule has 0 saturated carbocycles. The van der Waals surface area contributed by atoms with Gasteiger partial charge in [-0.3, -0.25) is 4.79 Å². The molecule has 0 atom stereocenters. The topological polar surface area (TPSA) is 86.6 Å². The van der Waals surface area contributed by atoms with Crippen LogP contribution in [0.25, 0.3) is 0 Å². The van der Waals surface area contributed by atoms with E-state index < -0.39 is 17.7 Å². The fourth-order valence-corrected chi connectivity index (χ4v) is 1.25. The Balaban J connectivity index is 2.83. The molecule has 0 spiro atoms. The number of carbonyl (C=O) groups is 2. The summed E-state index contributed by atoms with van der Waals surface area (Å²) in [4.78, 5) is 22.1. The molecule has 1 rings (SSSR count). The Morgan fingerprint density at radius 3 is 2.65 bits per heavy atom. The van der Waals surface area contributed by atoms with Gasteiger partial charge in [0.25, 0.3) is 0 Å². The van der Waals surface area contributed by atoms with Crippen LogP contribution in [0.2, 0.25) is 0 Å². The zero-order valence-electron chi connectivity index (χ0n) is 8.94. The fourth-order valence-electron chi connectivity index (χ4n) is 1.25. The van der Waals surface area contributed by atoms with Crippen molar-refractivity contribution in [1.82, 2.24) is 0 Å². The zero-order valence-corrected chi connectivity index (χ0v) is 8.94. The number of amides is 1. The van der Waals surface area contributed by atoms with Crippen LogP contribution in [-0.2, 0) is 4.79 Å². The lowest BCUT2D eigenvalue weighted by Gasteiger charge is -2.08. The van der Waals surface area contributed by atoms with Gasteiger partial charge in [0.15, 0.2) is 0 Å². The van der Waals surface area contributed by atoms with Crippen LogP contribution in [-0.4, -0.2) is 28.7 Å². The number of hydrogen-bond acceptors (Lipinski definition) is 3. The molecule has 92 valence electrons. The molecule has 3 N–H and O–H groups in total. The largest absolute Gasteiger partial charge is 0.478 e. The lowest BCUT2D eigenvalue weighted by Crippen LogP contribution is -2.15. The van der Waals surface area contributed by atoms with E-state index in [2.05, 4.69) is 5.32 Å². The first-order chi connectivity index (χ1) is 8.04. The molecule has 0 unspecified atom stereocenters. The molecule has 5 nitrogen and oxygen atoms in total. The third-order valence-corrected chi connectivity index (χ3v) is 2.05. The molecule has 0 radical (unpaired) electrons. The van der Waals surface area contributed by atoms with Crippen molar-refractivity contribution < 1.29 is 24.2 Å². The maximum absolute atomic E-state index is 12.8. The highest BCUT2D eigenvalue weighted by atomic mass is 19.1. The highest BCUT2D eigenvalue weighted by molar-refractivity contribution is 6.00. The summed E-state index contributed by atoms with van der Waals surface area (Å²) in [5.74, 6) is -2.43. The summed E-state index contributed by atoms with van der Waals surface area (Å²) in [5, 5.41) is 19.7. The molecule has 0 aliphatic heterocycles. The lowest BCUT2D eigenvalue weighted by atomic mass is 10.1. The highest BCUT2D eigenvalue weighted by Crippen LogP contribution is 2.17. The average Bonchev–Trinajstić information content (AvgIpc) is 2.28. The normalized spacial score (nSPS) is 10.0. The van der Waals surface area contributed by atoms with Crippen molar-refractivity contribution in [3.63, 3.8) is 0 Å². The molecule has 17 heavy (non-hydrogen) atoms. The van der Waals surface area contributed by atoms with Crippen LogP contribution in [0.5, 0.6) is 0 Å². The van der Waals surface area contributed by atoms with Crippen LogP contribution in [0.4, 0.5) is 10.1 Å². The molecule has 0 saturated heterocycles. The van der Waals surface area contributed by atoms with Crippen molar-refractivity contribution in [2.24, 2.45) is 0 Å². The Morgan fingerprint density at radius 1 is 1.35 bits per heavy atom. The standard InChI is InChI=1S/C11H12FNO4/c12-7-3-4-9(8(6-7)11(16)17)13-10(15)2-1-5-14/h3-4,6,14H,1-2,5H2,(H,13,15)(H,16,17). The Morgan fingerprint density at radius 2 is 2.06 bits per heavy atom. The maximum atomic E-state index is 12.8. The van der Waals surface area contributed by atoms with Gasteiger partial charge in [-0.15, -0.1) is 0 Å². The van der Waals surface area contributed by atoms with Crippen LogP contribution in [0, 0.1) is 5.82 Å². The minimum Gasteiger partial charge on any atom is -0.478 e. The van der Waals surface area contributed by atoms with Gasteiger partial charge in [-0.25, -0.2) is 9.18 Å². The van der Waals surface area contributed by atoms with Crippen molar-refractivity contribution in [2.45, 2.75) is 12.8 Å². The number of aromatic carboxylic acids is 1. The number of rotatable bonds is 5. The van der Waals surface area contributed by atoms with E-state index in [1.165, 1.54) is 6.07 Å². The number of aliphatic hydroxyl groups is 1. The van der Waals surface area contributed by atoms with Crippen LogP contribution < -0.4 is 5.32 Å². The summed E-state index contributed by atoms with van der Waals surface area (Å²) in [6.07, 6.45) is 0.363. The van der Waals surface area contributed by atoms with E-state index in [0.29, 0.717) is 0 Å². The Hall–Kier alpha value is -1.95. The molecule has 1 amide bonds. The predicted octanol–water partition coefficient (Wildman–Crippen LogP) is 1.23. The molecule has 0 bridgehead atoms. The second kappa shape index (κ2) is 5.95. The number of aliphatic hydroxyl groups excluding tert-OH is 1. The van der Waals surface area contributed by atoms with E-state index >= 15 is 0 Å². The Labute approximate surface area is 96.9 Å². The average molecular weight is 241 g/mol. The molecule has 6 heteroatoms. The van der Waals surface area contributed by atoms with Gasteiger partial charge in [-0.05, 0) is 24.6 Å². The zero-order chi connectivity index (χ0) is 12.8. The molecule has 0 fully saturated rings. The molecular formula is C11H12FNO4. The van der Waals surface area contributed by atoms with Gasteiger partial charge in [0, 0.05) is 13.0 Å². The van der Waals surface area contributed by atoms with E-state index in [-0.39, 0.29) is 30.7 Å². The molecule has 0 aliphatic rings. The van der Waals surface area contributed by atoms with E-state index in [4.69, 9.17) is 10.2 Å². The van der Waals surface area contributed by atoms with Crippen LogP contribution in [0.3, 0.4) is 0 Å². The molecule has 0 aliphatic carbocycles. The number of halogens is 1. The third kappa shape index (κ3) is 3.84. The molecule has 0 aromatic heterocycles. The van der Waals surface area contributed by atoms with Crippen LogP contribution >= 0.6 is 0 Å². The number of carboxylic acids is 1. The van der Waals surface area contributed by atoms with Gasteiger partial charge in [-0.1, -0.05) is 0 Å². The number of carbonyl (C=O) groups excluding carboxylic acids is 1. The van der Waals surface area contributed by atoms with Crippen molar-refractivity contribution in [1.29, 1.82) is 0 Å². The second-order valence-corrected chi connectivity index (χ2v) is 3.37. The number of hydrogen-bond donors (Lipinski definition) is 3. The fraction of sp³-hybridized carbons (Fsp3) is 0.273. The first-order valence-electron chi connectivity index (χ1n) is 4.98. The monoisotopic (exact) mass is 241 g/mol. The summed E-state index contributed by atoms with van der Waals surface area (Å²) in [6.45, 7) is -0.122. The molecule has 0 heterocycles. The summed E-state index contributed by atoms with van der Waals surface area (Å²) in [7, 11) is 0. The van der Waals surface area contributed by atoms with Gasteiger partial charge in [0.05, 0.1) is 11.3 Å². The van der Waals surface area contributed by atoms with E-state index in [9.17, 15) is 14.0 Å². The predicted molar refractivity (Wildman–Crippen MR) is 58.3 cm³/mol. The van der Waals surface area contributed by atoms with Gasteiger partial charge >= 0.3 is 5.97 Å². The smallest absolute Gasteiger partial charge is 0.337 e. The summed E-state index contributed by atoms with van der Waals surface area (Å²) < 4.78 is 12.8. The van der Waals surface area contributed by atoms with Crippen molar-refractivity contribution in [2.75, 3.05) is 11.9 Å². The Kier molecular flexibility index (Phi) is 4.59. The van der Waals surface area contributed by atoms with Gasteiger partial charge in [0.1, 0.15) is 5.82 Å². The maximum Gasteiger partial charge on any atom is 0.337 e.